The summed E-state index contributed by atoms with van der Waals surface area (Å²) in [5, 5.41) is 19.8. The quantitative estimate of drug-likeness (QED) is 0.109. The minimum Gasteiger partial charge on any atom is -0.354 e. The predicted molar refractivity (Wildman–Crippen MR) is 151 cm³/mol. The Morgan fingerprint density at radius 3 is 2.55 bits per heavy atom. The van der Waals surface area contributed by atoms with Gasteiger partial charge in [-0.2, -0.15) is 5.10 Å². The Bertz CT molecular complexity index is 1710. The van der Waals surface area contributed by atoms with Crippen LogP contribution in [0.2, 0.25) is 5.02 Å². The molecule has 1 aliphatic heterocycles. The molecule has 0 unspecified atom stereocenters. The first kappa shape index (κ1) is 25.6. The van der Waals surface area contributed by atoms with E-state index in [1.165, 1.54) is 24.3 Å². The predicted octanol–water partition coefficient (Wildman–Crippen LogP) is 7.09. The van der Waals surface area contributed by atoms with E-state index in [1.807, 2.05) is 36.4 Å². The summed E-state index contributed by atoms with van der Waals surface area (Å²) < 4.78 is 28.0. The van der Waals surface area contributed by atoms with E-state index in [1.54, 1.807) is 30.8 Å². The Balaban J connectivity index is 1.37. The van der Waals surface area contributed by atoms with Crippen molar-refractivity contribution in [3.8, 4) is 0 Å². The smallest absolute Gasteiger partial charge is 0.295 e. The molecule has 0 radical (unpaired) electrons. The molecule has 12 heteroatoms. The van der Waals surface area contributed by atoms with Crippen molar-refractivity contribution in [1.82, 2.24) is 0 Å². The molecule has 1 aliphatic rings. The molecular formula is C26H20ClN5O4S2. The third-order valence-electron chi connectivity index (χ3n) is 5.67. The van der Waals surface area contributed by atoms with Crippen molar-refractivity contribution in [3.05, 3.63) is 106 Å². The van der Waals surface area contributed by atoms with Crippen molar-refractivity contribution in [3.63, 3.8) is 0 Å². The van der Waals surface area contributed by atoms with Gasteiger partial charge in [-0.25, -0.2) is 8.42 Å². The second kappa shape index (κ2) is 10.4. The van der Waals surface area contributed by atoms with Crippen LogP contribution in [0.4, 0.5) is 28.4 Å². The lowest BCUT2D eigenvalue weighted by molar-refractivity contribution is -0.384. The maximum Gasteiger partial charge on any atom is 0.295 e. The number of nitro benzene ring substituents is 1. The number of rotatable bonds is 7. The number of nitro groups is 1. The van der Waals surface area contributed by atoms with Crippen molar-refractivity contribution < 1.29 is 13.3 Å². The highest BCUT2D eigenvalue weighted by molar-refractivity contribution is 7.99. The lowest BCUT2D eigenvalue weighted by atomic mass is 10.1. The number of fused-ring (bicyclic) bond motifs is 2. The van der Waals surface area contributed by atoms with Gasteiger partial charge < -0.3 is 5.32 Å². The fraction of sp³-hybridized carbons (Fsp3) is 0.0385. The molecule has 0 bridgehead atoms. The van der Waals surface area contributed by atoms with Crippen LogP contribution in [-0.2, 0) is 10.0 Å². The Hall–Kier alpha value is -4.06. The standard InChI is InChI=1S/C26H20ClN5O4S2/c1-16(17-9-12-26-23(13-17)28-22-7-2-3-8-25(22)37-26)29-30-21-11-10-20(15-24(21)32(33)34)38(35,36)31-19-6-4-5-18(27)14-19/h2-15,28,30-31H,1H3. The molecule has 0 atom stereocenters. The molecule has 1 heterocycles. The third-order valence-corrected chi connectivity index (χ3v) is 8.44. The van der Waals surface area contributed by atoms with Crippen molar-refractivity contribution in [1.29, 1.82) is 0 Å². The Labute approximate surface area is 228 Å². The number of para-hydroxylation sites is 1. The SMILES string of the molecule is CC(=NNc1ccc(S(=O)(=O)Nc2cccc(Cl)c2)cc1[N+](=O)[O-])c1ccc2c(c1)Nc1ccccc1S2. The maximum atomic E-state index is 12.8. The van der Waals surface area contributed by atoms with E-state index >= 15 is 0 Å². The lowest BCUT2D eigenvalue weighted by Gasteiger charge is -2.21. The van der Waals surface area contributed by atoms with Gasteiger partial charge >= 0.3 is 0 Å². The van der Waals surface area contributed by atoms with Crippen molar-refractivity contribution in [2.45, 2.75) is 21.6 Å². The molecule has 0 fully saturated rings. The first-order chi connectivity index (χ1) is 18.2. The monoisotopic (exact) mass is 565 g/mol. The number of nitrogens with zero attached hydrogens (tertiary/aromatic N) is 2. The second-order valence-corrected chi connectivity index (χ2v) is 11.5. The minimum absolute atomic E-state index is 0.0524. The summed E-state index contributed by atoms with van der Waals surface area (Å²) in [6.45, 7) is 1.78. The largest absolute Gasteiger partial charge is 0.354 e. The zero-order valence-corrected chi connectivity index (χ0v) is 22.2. The van der Waals surface area contributed by atoms with E-state index < -0.39 is 20.6 Å². The number of hydrogen-bond donors (Lipinski definition) is 3. The lowest BCUT2D eigenvalue weighted by Crippen LogP contribution is -2.13. The molecule has 9 nitrogen and oxygen atoms in total. The van der Waals surface area contributed by atoms with E-state index in [2.05, 4.69) is 26.6 Å². The molecule has 4 aromatic carbocycles. The topological polar surface area (TPSA) is 126 Å². The Morgan fingerprint density at radius 2 is 1.76 bits per heavy atom. The van der Waals surface area contributed by atoms with E-state index in [-0.39, 0.29) is 16.3 Å². The number of benzene rings is 4. The van der Waals surface area contributed by atoms with Gasteiger partial charge in [0, 0.05) is 20.9 Å². The molecule has 0 saturated carbocycles. The van der Waals surface area contributed by atoms with Crippen LogP contribution in [-0.4, -0.2) is 19.1 Å². The van der Waals surface area contributed by atoms with Crippen molar-refractivity contribution >= 4 is 67.5 Å². The van der Waals surface area contributed by atoms with Gasteiger partial charge in [-0.1, -0.05) is 47.6 Å². The molecular weight excluding hydrogens is 546 g/mol. The van der Waals surface area contributed by atoms with Crippen LogP contribution in [0.5, 0.6) is 0 Å². The summed E-state index contributed by atoms with van der Waals surface area (Å²) >= 11 is 7.59. The average molecular weight is 566 g/mol. The summed E-state index contributed by atoms with van der Waals surface area (Å²) in [5.41, 5.74) is 5.93. The molecule has 192 valence electrons. The Kier molecular flexibility index (Phi) is 6.98. The van der Waals surface area contributed by atoms with Crippen LogP contribution in [0.25, 0.3) is 0 Å². The highest BCUT2D eigenvalue weighted by atomic mass is 35.5. The fourth-order valence-electron chi connectivity index (χ4n) is 3.76. The number of anilines is 4. The average Bonchev–Trinajstić information content (AvgIpc) is 2.89. The second-order valence-electron chi connectivity index (χ2n) is 8.30. The summed E-state index contributed by atoms with van der Waals surface area (Å²) in [5.74, 6) is 0. The zero-order valence-electron chi connectivity index (χ0n) is 19.8. The molecule has 0 aromatic heterocycles. The number of nitrogens with one attached hydrogen (secondary N) is 3. The number of hydrogen-bond acceptors (Lipinski definition) is 8. The van der Waals surface area contributed by atoms with Crippen LogP contribution >= 0.6 is 23.4 Å². The molecule has 38 heavy (non-hydrogen) atoms. The van der Waals surface area contributed by atoms with Gasteiger partial charge in [0.15, 0.2) is 0 Å². The number of hydrazone groups is 1. The van der Waals surface area contributed by atoms with Gasteiger partial charge in [-0.05, 0) is 67.1 Å². The number of halogens is 1. The highest BCUT2D eigenvalue weighted by Crippen LogP contribution is 2.44. The van der Waals surface area contributed by atoms with Gasteiger partial charge in [0.2, 0.25) is 0 Å². The van der Waals surface area contributed by atoms with E-state index in [9.17, 15) is 18.5 Å². The molecule has 0 spiro atoms. The fourth-order valence-corrected chi connectivity index (χ4v) is 5.99. The van der Waals surface area contributed by atoms with Gasteiger partial charge in [0.05, 0.1) is 32.6 Å². The first-order valence-corrected chi connectivity index (χ1v) is 13.9. The van der Waals surface area contributed by atoms with Crippen LogP contribution in [0, 0.1) is 10.1 Å². The summed E-state index contributed by atoms with van der Waals surface area (Å²) in [7, 11) is -4.09. The van der Waals surface area contributed by atoms with Gasteiger partial charge in [-0.3, -0.25) is 20.3 Å². The number of sulfonamides is 1. The molecule has 0 saturated heterocycles. The van der Waals surface area contributed by atoms with Crippen LogP contribution < -0.4 is 15.5 Å². The third kappa shape index (κ3) is 5.44. The normalized spacial score (nSPS) is 12.6. The van der Waals surface area contributed by atoms with E-state index in [0.717, 1.165) is 32.8 Å². The van der Waals surface area contributed by atoms with E-state index in [4.69, 9.17) is 11.6 Å². The summed E-state index contributed by atoms with van der Waals surface area (Å²) in [4.78, 5) is 13.0. The minimum atomic E-state index is -4.09. The summed E-state index contributed by atoms with van der Waals surface area (Å²) in [6.07, 6.45) is 0. The van der Waals surface area contributed by atoms with Crippen LogP contribution in [0.3, 0.4) is 0 Å². The highest BCUT2D eigenvalue weighted by Gasteiger charge is 2.22. The molecule has 4 aromatic rings. The van der Waals surface area contributed by atoms with Gasteiger partial charge in [0.1, 0.15) is 5.69 Å². The Morgan fingerprint density at radius 1 is 0.974 bits per heavy atom. The summed E-state index contributed by atoms with van der Waals surface area (Å²) in [6, 6.07) is 23.6. The zero-order chi connectivity index (χ0) is 26.9. The van der Waals surface area contributed by atoms with Crippen molar-refractivity contribution in [2.75, 3.05) is 15.5 Å². The molecule has 0 aliphatic carbocycles. The van der Waals surface area contributed by atoms with E-state index in [0.29, 0.717) is 10.7 Å². The van der Waals surface area contributed by atoms with Crippen LogP contribution in [0.1, 0.15) is 12.5 Å². The van der Waals surface area contributed by atoms with Crippen LogP contribution in [0.15, 0.2) is 105 Å². The van der Waals surface area contributed by atoms with Gasteiger partial charge in [0.25, 0.3) is 15.7 Å². The molecule has 3 N–H and O–H groups in total. The van der Waals surface area contributed by atoms with Crippen molar-refractivity contribution in [2.24, 2.45) is 5.10 Å². The molecule has 0 amide bonds. The molecule has 5 rings (SSSR count). The first-order valence-electron chi connectivity index (χ1n) is 11.2. The van der Waals surface area contributed by atoms with Gasteiger partial charge in [-0.15, -0.1) is 0 Å². The maximum absolute atomic E-state index is 12.8.